The molecule has 3 aromatic carbocycles. The van der Waals surface area contributed by atoms with Crippen LogP contribution in [0.4, 0.5) is 0 Å². The van der Waals surface area contributed by atoms with Gasteiger partial charge in [0.1, 0.15) is 0 Å². The second kappa shape index (κ2) is 7.98. The summed E-state index contributed by atoms with van der Waals surface area (Å²) in [6.07, 6.45) is 2.34. The van der Waals surface area contributed by atoms with Crippen molar-refractivity contribution in [2.75, 3.05) is 0 Å². The molecule has 0 saturated heterocycles. The molecule has 0 nitrogen and oxygen atoms in total. The van der Waals surface area contributed by atoms with E-state index in [0.29, 0.717) is 5.41 Å². The maximum atomic E-state index is 2.34. The smallest absolute Gasteiger partial charge is 0.0119 e. The zero-order valence-corrected chi connectivity index (χ0v) is 16.3. The number of hydrogen-bond donors (Lipinski definition) is 0. The Labute approximate surface area is 153 Å². The fourth-order valence-corrected chi connectivity index (χ4v) is 5.54. The largest absolute Gasteiger partial charge is 0.0622 e. The molecular weight excluding hydrogens is 319 g/mol. The van der Waals surface area contributed by atoms with Gasteiger partial charge in [0.15, 0.2) is 0 Å². The molecule has 0 radical (unpaired) electrons. The van der Waals surface area contributed by atoms with Crippen molar-refractivity contribution >= 4 is 23.8 Å². The Morgan fingerprint density at radius 3 is 1.64 bits per heavy atom. The van der Waals surface area contributed by atoms with Crippen molar-refractivity contribution in [3.8, 4) is 0 Å². The van der Waals surface area contributed by atoms with Crippen molar-refractivity contribution < 1.29 is 0 Å². The highest BCUT2D eigenvalue weighted by molar-refractivity contribution is 7.79. The van der Waals surface area contributed by atoms with Crippen LogP contribution in [0.1, 0.15) is 32.8 Å². The highest BCUT2D eigenvalue weighted by atomic mass is 31.1. The van der Waals surface area contributed by atoms with Crippen molar-refractivity contribution in [1.82, 2.24) is 0 Å². The van der Waals surface area contributed by atoms with Gasteiger partial charge >= 0.3 is 0 Å². The minimum atomic E-state index is -0.514. The van der Waals surface area contributed by atoms with E-state index in [1.165, 1.54) is 27.9 Å². The molecule has 0 fully saturated rings. The summed E-state index contributed by atoms with van der Waals surface area (Å²) in [4.78, 5) is 0. The van der Waals surface area contributed by atoms with Gasteiger partial charge in [-0.3, -0.25) is 0 Å². The number of aryl methyl sites for hydroxylation is 1. The van der Waals surface area contributed by atoms with E-state index >= 15 is 0 Å². The molecule has 0 unspecified atom stereocenters. The summed E-state index contributed by atoms with van der Waals surface area (Å²) < 4.78 is 0. The molecule has 0 amide bonds. The predicted molar refractivity (Wildman–Crippen MR) is 113 cm³/mol. The lowest BCUT2D eigenvalue weighted by Gasteiger charge is -2.24. The molecule has 25 heavy (non-hydrogen) atoms. The van der Waals surface area contributed by atoms with Crippen LogP contribution in [0.3, 0.4) is 0 Å². The van der Waals surface area contributed by atoms with Gasteiger partial charge in [-0.1, -0.05) is 106 Å². The van der Waals surface area contributed by atoms with E-state index in [0.717, 1.165) is 6.42 Å². The first-order valence-electron chi connectivity index (χ1n) is 9.03. The highest BCUT2D eigenvalue weighted by Crippen LogP contribution is 2.35. The summed E-state index contributed by atoms with van der Waals surface area (Å²) in [6.45, 7) is 6.98. The molecular formula is C24H27P. The maximum Gasteiger partial charge on any atom is -0.0119 e. The van der Waals surface area contributed by atoms with Gasteiger partial charge in [0.2, 0.25) is 0 Å². The van der Waals surface area contributed by atoms with E-state index in [1.807, 2.05) is 0 Å². The fourth-order valence-electron chi connectivity index (χ4n) is 3.03. The van der Waals surface area contributed by atoms with Crippen molar-refractivity contribution in [3.63, 3.8) is 0 Å². The van der Waals surface area contributed by atoms with Crippen molar-refractivity contribution in [3.05, 3.63) is 90.5 Å². The van der Waals surface area contributed by atoms with Crippen LogP contribution in [0, 0.1) is 5.41 Å². The van der Waals surface area contributed by atoms with Gasteiger partial charge in [-0.15, -0.1) is 0 Å². The topological polar surface area (TPSA) is 0 Å². The van der Waals surface area contributed by atoms with Gasteiger partial charge in [0, 0.05) is 0 Å². The Morgan fingerprint density at radius 2 is 1.12 bits per heavy atom. The van der Waals surface area contributed by atoms with Gasteiger partial charge in [-0.25, -0.2) is 0 Å². The van der Waals surface area contributed by atoms with Crippen molar-refractivity contribution in [2.45, 2.75) is 33.6 Å². The third-order valence-corrected chi connectivity index (χ3v) is 6.95. The Balaban J connectivity index is 2.06. The third-order valence-electron chi connectivity index (χ3n) is 4.41. The van der Waals surface area contributed by atoms with Crippen LogP contribution >= 0.6 is 7.92 Å². The van der Waals surface area contributed by atoms with Gasteiger partial charge in [-0.2, -0.15) is 0 Å². The average Bonchev–Trinajstić information content (AvgIpc) is 2.62. The first-order chi connectivity index (χ1) is 12.0. The van der Waals surface area contributed by atoms with Gasteiger partial charge in [-0.05, 0) is 47.7 Å². The number of hydrogen-bond acceptors (Lipinski definition) is 0. The average molecular weight is 346 g/mol. The lowest BCUT2D eigenvalue weighted by atomic mass is 9.89. The lowest BCUT2D eigenvalue weighted by molar-refractivity contribution is 0.378. The fraction of sp³-hybridized carbons (Fsp3) is 0.250. The Kier molecular flexibility index (Phi) is 5.71. The maximum absolute atomic E-state index is 2.34. The molecule has 0 aliphatic carbocycles. The third kappa shape index (κ3) is 4.80. The molecule has 0 spiro atoms. The molecule has 0 aliphatic rings. The molecule has 0 atom stereocenters. The Morgan fingerprint density at radius 1 is 0.640 bits per heavy atom. The van der Waals surface area contributed by atoms with Gasteiger partial charge < -0.3 is 0 Å². The van der Waals surface area contributed by atoms with Crippen LogP contribution in [0.5, 0.6) is 0 Å². The van der Waals surface area contributed by atoms with Crippen LogP contribution in [0.2, 0.25) is 0 Å². The molecule has 3 aromatic rings. The van der Waals surface area contributed by atoms with E-state index < -0.39 is 7.92 Å². The number of rotatable bonds is 5. The lowest BCUT2D eigenvalue weighted by Crippen LogP contribution is -2.23. The van der Waals surface area contributed by atoms with Crippen LogP contribution < -0.4 is 15.9 Å². The van der Waals surface area contributed by atoms with Crippen LogP contribution in [0.25, 0.3) is 0 Å². The SMILES string of the molecule is CC(C)(C)CCc1ccccc1P(c1ccccc1)c1ccccc1. The van der Waals surface area contributed by atoms with Gasteiger partial charge in [0.05, 0.1) is 0 Å². The summed E-state index contributed by atoms with van der Waals surface area (Å²) in [5, 5.41) is 4.35. The van der Waals surface area contributed by atoms with Crippen LogP contribution in [-0.2, 0) is 6.42 Å². The predicted octanol–water partition coefficient (Wildman–Crippen LogP) is 5.42. The molecule has 1 heteroatoms. The quantitative estimate of drug-likeness (QED) is 0.541. The minimum Gasteiger partial charge on any atom is -0.0622 e. The molecule has 128 valence electrons. The molecule has 0 aliphatic heterocycles. The molecule has 0 saturated carbocycles. The highest BCUT2D eigenvalue weighted by Gasteiger charge is 2.20. The van der Waals surface area contributed by atoms with E-state index in [4.69, 9.17) is 0 Å². The summed E-state index contributed by atoms with van der Waals surface area (Å²) in [5.41, 5.74) is 1.85. The van der Waals surface area contributed by atoms with E-state index in [1.54, 1.807) is 0 Å². The first kappa shape index (κ1) is 17.9. The van der Waals surface area contributed by atoms with Crippen molar-refractivity contribution in [2.24, 2.45) is 5.41 Å². The summed E-state index contributed by atoms with van der Waals surface area (Å²) >= 11 is 0. The Hall–Kier alpha value is -1.91. The minimum absolute atomic E-state index is 0.357. The van der Waals surface area contributed by atoms with E-state index in [9.17, 15) is 0 Å². The second-order valence-corrected chi connectivity index (χ2v) is 9.88. The van der Waals surface area contributed by atoms with Crippen LogP contribution in [-0.4, -0.2) is 0 Å². The second-order valence-electron chi connectivity index (χ2n) is 7.70. The summed E-state index contributed by atoms with van der Waals surface area (Å²) in [7, 11) is -0.514. The molecule has 0 N–H and O–H groups in total. The molecule has 0 aromatic heterocycles. The molecule has 0 heterocycles. The normalized spacial score (nSPS) is 11.7. The Bertz CT molecular complexity index is 746. The summed E-state index contributed by atoms with van der Waals surface area (Å²) in [6, 6.07) is 31.0. The van der Waals surface area contributed by atoms with Crippen molar-refractivity contribution in [1.29, 1.82) is 0 Å². The van der Waals surface area contributed by atoms with Gasteiger partial charge in [0.25, 0.3) is 0 Å². The summed E-state index contributed by atoms with van der Waals surface area (Å²) in [5.74, 6) is 0. The van der Waals surface area contributed by atoms with Crippen LogP contribution in [0.15, 0.2) is 84.9 Å². The molecule has 0 bridgehead atoms. The molecule has 3 rings (SSSR count). The first-order valence-corrected chi connectivity index (χ1v) is 10.4. The monoisotopic (exact) mass is 346 g/mol. The zero-order chi connectivity index (χ0) is 17.7. The standard InChI is InChI=1S/C24H27P/c1-24(2,3)19-18-20-12-10-11-17-23(20)25(21-13-6-4-7-14-21)22-15-8-5-9-16-22/h4-17H,18-19H2,1-3H3. The number of benzene rings is 3. The zero-order valence-electron chi connectivity index (χ0n) is 15.4. The van der Waals surface area contributed by atoms with E-state index in [-0.39, 0.29) is 0 Å². The van der Waals surface area contributed by atoms with E-state index in [2.05, 4.69) is 106 Å².